The van der Waals surface area contributed by atoms with E-state index in [1.807, 2.05) is 26.0 Å². The Hall–Kier alpha value is -3.40. The van der Waals surface area contributed by atoms with Crippen molar-refractivity contribution < 1.29 is 23.9 Å². The number of hydrogen-bond acceptors (Lipinski definition) is 6. The molecule has 2 rings (SSSR count). The number of carbonyl (C=O) groups excluding carboxylic acids is 3. The maximum absolute atomic E-state index is 12.2. The van der Waals surface area contributed by atoms with Gasteiger partial charge in [0, 0.05) is 16.7 Å². The first-order chi connectivity index (χ1) is 15.3. The van der Waals surface area contributed by atoms with Crippen molar-refractivity contribution >= 4 is 45.6 Å². The lowest BCUT2D eigenvalue weighted by Gasteiger charge is -2.13. The van der Waals surface area contributed by atoms with Crippen LogP contribution in [-0.4, -0.2) is 43.7 Å². The summed E-state index contributed by atoms with van der Waals surface area (Å²) in [4.78, 5) is 35.2. The molecule has 2 aromatic carbocycles. The fourth-order valence-corrected chi connectivity index (χ4v) is 2.76. The maximum Gasteiger partial charge on any atom is 0.329 e. The van der Waals surface area contributed by atoms with Crippen molar-refractivity contribution in [1.29, 1.82) is 0 Å². The standard InChI is InChI=1S/C22H25BrN4O5/c1-4-24-21(29)22(30)27-25-12-15-6-9-18(19(11-15)31-5-2)32-13-20(28)26-16-7-8-17(23)14(3)10-16/h6-12H,4-5,13H2,1-3H3,(H,24,29)(H,26,28)(H,27,30)/b25-12-. The Kier molecular flexibility index (Phi) is 9.68. The lowest BCUT2D eigenvalue weighted by molar-refractivity contribution is -0.139. The molecule has 0 heterocycles. The summed E-state index contributed by atoms with van der Waals surface area (Å²) in [6, 6.07) is 10.5. The molecule has 32 heavy (non-hydrogen) atoms. The number of rotatable bonds is 9. The van der Waals surface area contributed by atoms with Crippen LogP contribution in [0.2, 0.25) is 0 Å². The second-order valence-electron chi connectivity index (χ2n) is 6.50. The summed E-state index contributed by atoms with van der Waals surface area (Å²) in [6.07, 6.45) is 1.37. The average Bonchev–Trinajstić information content (AvgIpc) is 2.76. The van der Waals surface area contributed by atoms with E-state index < -0.39 is 11.8 Å². The third-order valence-corrected chi connectivity index (χ3v) is 4.88. The molecule has 0 aliphatic heterocycles. The third-order valence-electron chi connectivity index (χ3n) is 3.99. The van der Waals surface area contributed by atoms with E-state index >= 15 is 0 Å². The quantitative estimate of drug-likeness (QED) is 0.275. The molecule has 0 spiro atoms. The summed E-state index contributed by atoms with van der Waals surface area (Å²) in [5.74, 6) is -1.13. The predicted octanol–water partition coefficient (Wildman–Crippen LogP) is 2.76. The van der Waals surface area contributed by atoms with Gasteiger partial charge in [-0.2, -0.15) is 5.10 Å². The molecule has 9 nitrogen and oxygen atoms in total. The summed E-state index contributed by atoms with van der Waals surface area (Å²) >= 11 is 3.42. The first kappa shape index (κ1) is 24.9. The number of amides is 3. The monoisotopic (exact) mass is 504 g/mol. The van der Waals surface area contributed by atoms with Crippen molar-refractivity contribution in [2.75, 3.05) is 25.1 Å². The van der Waals surface area contributed by atoms with Gasteiger partial charge in [0.15, 0.2) is 18.1 Å². The normalized spacial score (nSPS) is 10.5. The van der Waals surface area contributed by atoms with Crippen molar-refractivity contribution in [3.8, 4) is 11.5 Å². The highest BCUT2D eigenvalue weighted by Gasteiger charge is 2.11. The topological polar surface area (TPSA) is 118 Å². The van der Waals surface area contributed by atoms with Gasteiger partial charge in [-0.25, -0.2) is 5.43 Å². The molecule has 10 heteroatoms. The van der Waals surface area contributed by atoms with Crippen LogP contribution in [0.5, 0.6) is 11.5 Å². The summed E-state index contributed by atoms with van der Waals surface area (Å²) < 4.78 is 12.2. The second kappa shape index (κ2) is 12.5. The van der Waals surface area contributed by atoms with Crippen LogP contribution in [0.25, 0.3) is 0 Å². The highest BCUT2D eigenvalue weighted by atomic mass is 79.9. The molecule has 0 saturated heterocycles. The van der Waals surface area contributed by atoms with Gasteiger partial charge in [0.2, 0.25) is 0 Å². The van der Waals surface area contributed by atoms with E-state index in [0.717, 1.165) is 10.0 Å². The zero-order valence-electron chi connectivity index (χ0n) is 18.0. The van der Waals surface area contributed by atoms with Crippen molar-refractivity contribution in [1.82, 2.24) is 10.7 Å². The number of benzene rings is 2. The largest absolute Gasteiger partial charge is 0.490 e. The smallest absolute Gasteiger partial charge is 0.329 e. The van der Waals surface area contributed by atoms with E-state index in [0.29, 0.717) is 35.9 Å². The van der Waals surface area contributed by atoms with Gasteiger partial charge in [0.05, 0.1) is 12.8 Å². The minimum absolute atomic E-state index is 0.203. The minimum atomic E-state index is -0.861. The van der Waals surface area contributed by atoms with Gasteiger partial charge >= 0.3 is 11.8 Å². The van der Waals surface area contributed by atoms with Gasteiger partial charge < -0.3 is 20.1 Å². The number of hydrazone groups is 1. The number of hydrogen-bond donors (Lipinski definition) is 3. The highest BCUT2D eigenvalue weighted by molar-refractivity contribution is 9.10. The van der Waals surface area contributed by atoms with E-state index in [4.69, 9.17) is 9.47 Å². The van der Waals surface area contributed by atoms with E-state index in [9.17, 15) is 14.4 Å². The fourth-order valence-electron chi connectivity index (χ4n) is 2.51. The maximum atomic E-state index is 12.2. The number of anilines is 1. The number of halogens is 1. The van der Waals surface area contributed by atoms with Gasteiger partial charge in [-0.1, -0.05) is 15.9 Å². The van der Waals surface area contributed by atoms with Crippen LogP contribution in [0.1, 0.15) is 25.0 Å². The molecule has 0 aliphatic rings. The van der Waals surface area contributed by atoms with Crippen LogP contribution in [0, 0.1) is 6.92 Å². The van der Waals surface area contributed by atoms with Crippen LogP contribution >= 0.6 is 15.9 Å². The van der Waals surface area contributed by atoms with Crippen molar-refractivity contribution in [2.24, 2.45) is 5.10 Å². The van der Waals surface area contributed by atoms with Crippen LogP contribution < -0.4 is 25.5 Å². The third kappa shape index (κ3) is 7.69. The van der Waals surface area contributed by atoms with Gasteiger partial charge in [-0.15, -0.1) is 0 Å². The molecule has 3 amide bonds. The summed E-state index contributed by atoms with van der Waals surface area (Å²) in [7, 11) is 0. The van der Waals surface area contributed by atoms with Crippen molar-refractivity contribution in [3.05, 3.63) is 52.0 Å². The van der Waals surface area contributed by atoms with E-state index in [2.05, 4.69) is 37.1 Å². The van der Waals surface area contributed by atoms with Gasteiger partial charge in [0.1, 0.15) is 0 Å². The highest BCUT2D eigenvalue weighted by Crippen LogP contribution is 2.28. The predicted molar refractivity (Wildman–Crippen MR) is 125 cm³/mol. The molecule has 0 aromatic heterocycles. The Bertz CT molecular complexity index is 1010. The first-order valence-electron chi connectivity index (χ1n) is 9.90. The fraction of sp³-hybridized carbons (Fsp3) is 0.273. The molecular formula is C22H25BrN4O5. The van der Waals surface area contributed by atoms with Crippen molar-refractivity contribution in [3.63, 3.8) is 0 Å². The van der Waals surface area contributed by atoms with Crippen LogP contribution in [0.3, 0.4) is 0 Å². The summed E-state index contributed by atoms with van der Waals surface area (Å²) in [5, 5.41) is 8.92. The number of ether oxygens (including phenoxy) is 2. The molecule has 0 saturated carbocycles. The molecule has 0 unspecified atom stereocenters. The number of likely N-dealkylation sites (N-methyl/N-ethyl adjacent to an activating group) is 1. The summed E-state index contributed by atoms with van der Waals surface area (Å²) in [6.45, 7) is 5.98. The zero-order valence-corrected chi connectivity index (χ0v) is 19.6. The molecule has 3 N–H and O–H groups in total. The Balaban J connectivity index is 1.98. The molecule has 0 aliphatic carbocycles. The molecule has 2 aromatic rings. The number of carbonyl (C=O) groups is 3. The van der Waals surface area contributed by atoms with Gasteiger partial charge in [-0.3, -0.25) is 14.4 Å². The molecule has 0 bridgehead atoms. The van der Waals surface area contributed by atoms with Crippen LogP contribution in [0.4, 0.5) is 5.69 Å². The Morgan fingerprint density at radius 3 is 2.50 bits per heavy atom. The van der Waals surface area contributed by atoms with E-state index in [1.54, 1.807) is 31.2 Å². The van der Waals surface area contributed by atoms with Crippen molar-refractivity contribution in [2.45, 2.75) is 20.8 Å². The average molecular weight is 505 g/mol. The molecule has 0 radical (unpaired) electrons. The van der Waals surface area contributed by atoms with Gasteiger partial charge in [-0.05, 0) is 68.3 Å². The Labute approximate surface area is 194 Å². The minimum Gasteiger partial charge on any atom is -0.490 e. The van der Waals surface area contributed by atoms with Gasteiger partial charge in [0.25, 0.3) is 5.91 Å². The van der Waals surface area contributed by atoms with E-state index in [1.165, 1.54) is 6.21 Å². The number of aryl methyl sites for hydroxylation is 1. The molecular weight excluding hydrogens is 480 g/mol. The first-order valence-corrected chi connectivity index (χ1v) is 10.7. The van der Waals surface area contributed by atoms with E-state index in [-0.39, 0.29) is 12.5 Å². The second-order valence-corrected chi connectivity index (χ2v) is 7.35. The lowest BCUT2D eigenvalue weighted by atomic mass is 10.2. The number of nitrogens with zero attached hydrogens (tertiary/aromatic N) is 1. The molecule has 170 valence electrons. The van der Waals surface area contributed by atoms with Crippen LogP contribution in [0.15, 0.2) is 46.0 Å². The Morgan fingerprint density at radius 2 is 1.81 bits per heavy atom. The van der Waals surface area contributed by atoms with Crippen LogP contribution in [-0.2, 0) is 14.4 Å². The SMILES string of the molecule is CCNC(=O)C(=O)N/N=C\c1ccc(OCC(=O)Nc2ccc(Br)c(C)c2)c(OCC)c1. The number of nitrogens with one attached hydrogen (secondary N) is 3. The Morgan fingerprint density at radius 1 is 1.03 bits per heavy atom. The summed E-state index contributed by atoms with van der Waals surface area (Å²) in [5.41, 5.74) is 4.42. The molecule has 0 fully saturated rings. The molecule has 0 atom stereocenters. The lowest BCUT2D eigenvalue weighted by Crippen LogP contribution is -2.37. The zero-order chi connectivity index (χ0) is 23.5.